The van der Waals surface area contributed by atoms with Crippen molar-refractivity contribution in [2.24, 2.45) is 4.99 Å². The normalized spacial score (nSPS) is 15.7. The van der Waals surface area contributed by atoms with Gasteiger partial charge in [0, 0.05) is 24.1 Å². The largest absolute Gasteiger partial charge is 0.454 e. The lowest BCUT2D eigenvalue weighted by Gasteiger charge is -2.27. The molecular formula is C18H15N9O3. The summed E-state index contributed by atoms with van der Waals surface area (Å²) in [6.45, 7) is 1.39. The fraction of sp³-hybridized carbons (Fsp3) is 0.167. The highest BCUT2D eigenvalue weighted by atomic mass is 16.7. The quantitative estimate of drug-likeness (QED) is 0.351. The number of anilines is 4. The Balaban J connectivity index is 1.98. The number of nitriles is 2. The van der Waals surface area contributed by atoms with Gasteiger partial charge in [-0.1, -0.05) is 0 Å². The summed E-state index contributed by atoms with van der Waals surface area (Å²) >= 11 is 0. The number of fused-ring (bicyclic) bond motifs is 2. The van der Waals surface area contributed by atoms with E-state index in [2.05, 4.69) is 25.9 Å². The molecule has 1 unspecified atom stereocenters. The highest BCUT2D eigenvalue weighted by Crippen LogP contribution is 2.46. The van der Waals surface area contributed by atoms with E-state index in [0.717, 1.165) is 0 Å². The van der Waals surface area contributed by atoms with E-state index in [1.54, 1.807) is 18.3 Å². The fourth-order valence-corrected chi connectivity index (χ4v) is 3.29. The summed E-state index contributed by atoms with van der Waals surface area (Å²) in [7, 11) is 0. The van der Waals surface area contributed by atoms with Crippen molar-refractivity contribution in [1.82, 2.24) is 10.3 Å². The van der Waals surface area contributed by atoms with Crippen LogP contribution in [0.25, 0.3) is 0 Å². The molecule has 3 heterocycles. The first-order valence-corrected chi connectivity index (χ1v) is 8.63. The molecule has 1 aromatic heterocycles. The van der Waals surface area contributed by atoms with Gasteiger partial charge in [-0.25, -0.2) is 9.98 Å². The van der Waals surface area contributed by atoms with Crippen molar-refractivity contribution in [1.29, 1.82) is 10.5 Å². The van der Waals surface area contributed by atoms with Crippen LogP contribution in [0.1, 0.15) is 29.7 Å². The van der Waals surface area contributed by atoms with Crippen LogP contribution < -0.4 is 36.9 Å². The van der Waals surface area contributed by atoms with Gasteiger partial charge < -0.3 is 31.6 Å². The van der Waals surface area contributed by atoms with E-state index in [1.807, 2.05) is 6.07 Å². The predicted molar refractivity (Wildman–Crippen MR) is 106 cm³/mol. The van der Waals surface area contributed by atoms with Crippen LogP contribution in [0, 0.1) is 22.8 Å². The lowest BCUT2D eigenvalue weighted by molar-refractivity contribution is -0.114. The van der Waals surface area contributed by atoms with Crippen molar-refractivity contribution in [3.05, 3.63) is 28.8 Å². The van der Waals surface area contributed by atoms with E-state index in [9.17, 15) is 10.1 Å². The number of rotatable bonds is 2. The Bertz CT molecular complexity index is 1190. The molecule has 0 fully saturated rings. The minimum Gasteiger partial charge on any atom is -0.454 e. The molecule has 2 aliphatic rings. The number of hydrogen-bond acceptors (Lipinski definition) is 11. The molecule has 0 saturated carbocycles. The van der Waals surface area contributed by atoms with E-state index in [4.69, 9.17) is 26.2 Å². The second kappa shape index (κ2) is 7.03. The van der Waals surface area contributed by atoms with Gasteiger partial charge in [-0.3, -0.25) is 10.1 Å². The van der Waals surface area contributed by atoms with Crippen molar-refractivity contribution in [3.8, 4) is 23.8 Å². The van der Waals surface area contributed by atoms with Gasteiger partial charge in [-0.05, 0) is 6.07 Å². The number of nitrogens with one attached hydrogen (secondary N) is 3. The maximum Gasteiger partial charge on any atom is 0.231 e. The SMILES string of the molecule is CC(=O)Nc1cc2c(cc1C1N=C(NC#N)Nc3nc(N)c(C#N)c(N)c31)OCO2. The third kappa shape index (κ3) is 2.98. The topological polar surface area (TPSA) is 196 Å². The van der Waals surface area contributed by atoms with Gasteiger partial charge in [0.2, 0.25) is 18.7 Å². The standard InChI is InChI=1S/C18H15N9O3/c1-7(28)24-10-3-12-11(29-6-30-12)2-8(10)15-13-14(21)9(4-19)16(22)26-17(13)27-18(25-15)23-5-20/h2-3,15H,6H2,1H3,(H,24,28)(H6,21,22,23,25,26,27). The van der Waals surface area contributed by atoms with Crippen LogP contribution >= 0.6 is 0 Å². The first kappa shape index (κ1) is 18.6. The van der Waals surface area contributed by atoms with Crippen LogP contribution in [0.3, 0.4) is 0 Å². The van der Waals surface area contributed by atoms with Crippen molar-refractivity contribution in [2.75, 3.05) is 28.9 Å². The van der Waals surface area contributed by atoms with Crippen molar-refractivity contribution in [2.45, 2.75) is 13.0 Å². The number of aliphatic imine (C=N–C) groups is 1. The summed E-state index contributed by atoms with van der Waals surface area (Å²) in [4.78, 5) is 20.5. The van der Waals surface area contributed by atoms with Gasteiger partial charge in [0.1, 0.15) is 29.3 Å². The lowest BCUT2D eigenvalue weighted by atomic mass is 9.93. The van der Waals surface area contributed by atoms with Crippen LogP contribution in [0.2, 0.25) is 0 Å². The number of nitrogen functional groups attached to an aromatic ring is 2. The van der Waals surface area contributed by atoms with Gasteiger partial charge >= 0.3 is 0 Å². The molecule has 150 valence electrons. The molecular weight excluding hydrogens is 390 g/mol. The number of hydrogen-bond donors (Lipinski definition) is 5. The first-order chi connectivity index (χ1) is 14.4. The average Bonchev–Trinajstić information content (AvgIpc) is 3.14. The molecule has 2 aliphatic heterocycles. The summed E-state index contributed by atoms with van der Waals surface area (Å²) in [5, 5.41) is 26.5. The number of nitrogens with two attached hydrogens (primary N) is 2. The van der Waals surface area contributed by atoms with Gasteiger partial charge in [-0.2, -0.15) is 10.5 Å². The van der Waals surface area contributed by atoms with Gasteiger partial charge in [-0.15, -0.1) is 0 Å². The summed E-state index contributed by atoms with van der Waals surface area (Å²) < 4.78 is 10.9. The zero-order valence-corrected chi connectivity index (χ0v) is 15.6. The smallest absolute Gasteiger partial charge is 0.231 e. The van der Waals surface area contributed by atoms with Crippen LogP contribution in [0.5, 0.6) is 11.5 Å². The summed E-state index contributed by atoms with van der Waals surface area (Å²) in [6.07, 6.45) is 1.78. The third-order valence-corrected chi connectivity index (χ3v) is 4.51. The van der Waals surface area contributed by atoms with Crippen LogP contribution in [-0.2, 0) is 4.79 Å². The fourth-order valence-electron chi connectivity index (χ4n) is 3.29. The second-order valence-corrected chi connectivity index (χ2v) is 6.38. The predicted octanol–water partition coefficient (Wildman–Crippen LogP) is 0.746. The highest BCUT2D eigenvalue weighted by Gasteiger charge is 2.32. The van der Waals surface area contributed by atoms with Crippen molar-refractivity contribution < 1.29 is 14.3 Å². The molecule has 1 amide bonds. The zero-order chi connectivity index (χ0) is 21.4. The van der Waals surface area contributed by atoms with E-state index in [1.165, 1.54) is 6.92 Å². The van der Waals surface area contributed by atoms with E-state index >= 15 is 0 Å². The zero-order valence-electron chi connectivity index (χ0n) is 15.6. The average molecular weight is 405 g/mol. The highest BCUT2D eigenvalue weighted by molar-refractivity contribution is 5.99. The number of carbonyl (C=O) groups excluding carboxylic acids is 1. The molecule has 0 aliphatic carbocycles. The Labute approximate surface area is 170 Å². The van der Waals surface area contributed by atoms with Crippen molar-refractivity contribution >= 4 is 34.9 Å². The molecule has 0 radical (unpaired) electrons. The van der Waals surface area contributed by atoms with Crippen LogP contribution in [0.15, 0.2) is 17.1 Å². The number of aromatic nitrogens is 1. The minimum atomic E-state index is -0.839. The maximum absolute atomic E-state index is 11.8. The summed E-state index contributed by atoms with van der Waals surface area (Å²) in [5.41, 5.74) is 13.5. The first-order valence-electron chi connectivity index (χ1n) is 8.63. The van der Waals surface area contributed by atoms with E-state index in [0.29, 0.717) is 28.3 Å². The number of amides is 1. The third-order valence-electron chi connectivity index (χ3n) is 4.51. The molecule has 2 aromatic rings. The number of nitrogens with zero attached hydrogens (tertiary/aromatic N) is 4. The van der Waals surface area contributed by atoms with Crippen LogP contribution in [0.4, 0.5) is 23.0 Å². The Hall–Kier alpha value is -4.71. The summed E-state index contributed by atoms with van der Waals surface area (Å²) in [6, 6.07) is 4.37. The molecule has 0 spiro atoms. The molecule has 4 rings (SSSR count). The molecule has 30 heavy (non-hydrogen) atoms. The van der Waals surface area contributed by atoms with E-state index in [-0.39, 0.29) is 41.5 Å². The number of ether oxygens (including phenoxy) is 2. The van der Waals surface area contributed by atoms with E-state index < -0.39 is 6.04 Å². The summed E-state index contributed by atoms with van der Waals surface area (Å²) in [5.74, 6) is 0.852. The number of pyridine rings is 1. The number of benzene rings is 1. The molecule has 0 saturated heterocycles. The Morgan fingerprint density at radius 1 is 1.30 bits per heavy atom. The molecule has 0 bridgehead atoms. The molecule has 12 heteroatoms. The molecule has 7 N–H and O–H groups in total. The van der Waals surface area contributed by atoms with Crippen molar-refractivity contribution in [3.63, 3.8) is 0 Å². The molecule has 12 nitrogen and oxygen atoms in total. The minimum absolute atomic E-state index is 0.00858. The Morgan fingerprint density at radius 2 is 2.03 bits per heavy atom. The Morgan fingerprint density at radius 3 is 2.70 bits per heavy atom. The maximum atomic E-state index is 11.8. The van der Waals surface area contributed by atoms with Gasteiger partial charge in [0.05, 0.1) is 11.4 Å². The monoisotopic (exact) mass is 405 g/mol. The number of guanidine groups is 1. The van der Waals surface area contributed by atoms with Crippen LogP contribution in [-0.4, -0.2) is 23.6 Å². The van der Waals surface area contributed by atoms with Gasteiger partial charge in [0.15, 0.2) is 17.7 Å². The lowest BCUT2D eigenvalue weighted by Crippen LogP contribution is -2.33. The van der Waals surface area contributed by atoms with Gasteiger partial charge in [0.25, 0.3) is 0 Å². The second-order valence-electron chi connectivity index (χ2n) is 6.38. The Kier molecular flexibility index (Phi) is 4.37. The molecule has 1 aromatic carbocycles. The number of carbonyl (C=O) groups is 1. The molecule has 1 atom stereocenters.